The molecule has 6 heteroatoms. The summed E-state index contributed by atoms with van der Waals surface area (Å²) in [6, 6.07) is 19.9. The first-order valence-corrected chi connectivity index (χ1v) is 9.56. The summed E-state index contributed by atoms with van der Waals surface area (Å²) in [5.74, 6) is 0.323. The van der Waals surface area contributed by atoms with Crippen molar-refractivity contribution < 1.29 is 9.21 Å². The lowest BCUT2D eigenvalue weighted by Crippen LogP contribution is -2.45. The number of nitrogens with zero attached hydrogens (tertiary/aromatic N) is 3. The van der Waals surface area contributed by atoms with Gasteiger partial charge in [-0.25, -0.2) is 4.98 Å². The van der Waals surface area contributed by atoms with E-state index in [1.807, 2.05) is 36.4 Å². The maximum absolute atomic E-state index is 12.3. The van der Waals surface area contributed by atoms with Gasteiger partial charge in [0.25, 0.3) is 5.91 Å². The van der Waals surface area contributed by atoms with Crippen LogP contribution in [0.1, 0.15) is 21.9 Å². The lowest BCUT2D eigenvalue weighted by molar-refractivity contribution is 0.102. The average Bonchev–Trinajstić information content (AvgIpc) is 3.20. The number of rotatable bonds is 6. The summed E-state index contributed by atoms with van der Waals surface area (Å²) in [6.07, 6.45) is 1.43. The number of para-hydroxylation sites is 1. The molecular weight excluding hydrogens is 352 g/mol. The van der Waals surface area contributed by atoms with Crippen LogP contribution in [0.2, 0.25) is 0 Å². The molecule has 0 bridgehead atoms. The molecule has 1 fully saturated rings. The maximum Gasteiger partial charge on any atom is 0.277 e. The Morgan fingerprint density at radius 3 is 2.18 bits per heavy atom. The molecule has 2 aromatic carbocycles. The number of aromatic nitrogens is 1. The van der Waals surface area contributed by atoms with Crippen molar-refractivity contribution in [1.82, 2.24) is 14.8 Å². The van der Waals surface area contributed by atoms with E-state index in [-0.39, 0.29) is 5.91 Å². The standard InChI is InChI=1S/C22H24N4O2/c27-22(23-19-9-5-2-6-10-19)20-17-28-21(24-20)16-26-13-11-25(12-14-26)15-18-7-3-1-4-8-18/h1-10,17H,11-16H2,(H,23,27). The Hall–Kier alpha value is -2.96. The summed E-state index contributed by atoms with van der Waals surface area (Å²) >= 11 is 0. The minimum Gasteiger partial charge on any atom is -0.447 e. The minimum absolute atomic E-state index is 0.256. The van der Waals surface area contributed by atoms with E-state index in [1.165, 1.54) is 11.8 Å². The number of anilines is 1. The van der Waals surface area contributed by atoms with Gasteiger partial charge in [-0.15, -0.1) is 0 Å². The Bertz CT molecular complexity index is 887. The van der Waals surface area contributed by atoms with Gasteiger partial charge in [-0.1, -0.05) is 48.5 Å². The first-order valence-electron chi connectivity index (χ1n) is 9.56. The van der Waals surface area contributed by atoms with Crippen LogP contribution in [0.5, 0.6) is 0 Å². The Balaban J connectivity index is 1.26. The topological polar surface area (TPSA) is 61.6 Å². The Kier molecular flexibility index (Phi) is 5.80. The highest BCUT2D eigenvalue weighted by Gasteiger charge is 2.20. The Morgan fingerprint density at radius 2 is 1.50 bits per heavy atom. The fraction of sp³-hybridized carbons (Fsp3) is 0.273. The third-order valence-electron chi connectivity index (χ3n) is 4.89. The Labute approximate surface area is 164 Å². The molecule has 28 heavy (non-hydrogen) atoms. The molecule has 1 aromatic heterocycles. The van der Waals surface area contributed by atoms with Crippen molar-refractivity contribution in [2.45, 2.75) is 13.1 Å². The molecule has 0 spiro atoms. The molecule has 0 unspecified atom stereocenters. The van der Waals surface area contributed by atoms with Crippen molar-refractivity contribution in [2.24, 2.45) is 0 Å². The summed E-state index contributed by atoms with van der Waals surface area (Å²) in [6.45, 7) is 5.55. The van der Waals surface area contributed by atoms with E-state index < -0.39 is 0 Å². The molecule has 1 aliphatic rings. The van der Waals surface area contributed by atoms with Gasteiger partial charge in [0, 0.05) is 38.4 Å². The van der Waals surface area contributed by atoms with E-state index in [1.54, 1.807) is 0 Å². The molecule has 0 atom stereocenters. The Morgan fingerprint density at radius 1 is 0.893 bits per heavy atom. The highest BCUT2D eigenvalue weighted by Crippen LogP contribution is 2.13. The second-order valence-corrected chi connectivity index (χ2v) is 6.98. The van der Waals surface area contributed by atoms with Gasteiger partial charge in [-0.2, -0.15) is 0 Å². The number of hydrogen-bond acceptors (Lipinski definition) is 5. The SMILES string of the molecule is O=C(Nc1ccccc1)c1coc(CN2CCN(Cc3ccccc3)CC2)n1. The van der Waals surface area contributed by atoms with Gasteiger partial charge in [-0.05, 0) is 17.7 Å². The maximum atomic E-state index is 12.3. The highest BCUT2D eigenvalue weighted by atomic mass is 16.3. The smallest absolute Gasteiger partial charge is 0.277 e. The second kappa shape index (κ2) is 8.82. The molecule has 1 N–H and O–H groups in total. The third kappa shape index (κ3) is 4.85. The summed E-state index contributed by atoms with van der Waals surface area (Å²) in [7, 11) is 0. The van der Waals surface area contributed by atoms with Crippen LogP contribution in [0.4, 0.5) is 5.69 Å². The summed E-state index contributed by atoms with van der Waals surface area (Å²) in [5, 5.41) is 2.82. The molecule has 0 aliphatic carbocycles. The van der Waals surface area contributed by atoms with Gasteiger partial charge in [0.15, 0.2) is 5.69 Å². The monoisotopic (exact) mass is 376 g/mol. The third-order valence-corrected chi connectivity index (χ3v) is 4.89. The molecule has 1 amide bonds. The number of oxazole rings is 1. The average molecular weight is 376 g/mol. The number of benzene rings is 2. The zero-order valence-electron chi connectivity index (χ0n) is 15.8. The van der Waals surface area contributed by atoms with Gasteiger partial charge in [0.1, 0.15) is 6.26 Å². The number of hydrogen-bond donors (Lipinski definition) is 1. The van der Waals surface area contributed by atoms with Crippen LogP contribution < -0.4 is 5.32 Å². The van der Waals surface area contributed by atoms with Crippen LogP contribution in [0.3, 0.4) is 0 Å². The van der Waals surface area contributed by atoms with E-state index >= 15 is 0 Å². The predicted molar refractivity (Wildman–Crippen MR) is 108 cm³/mol. The van der Waals surface area contributed by atoms with Crippen molar-refractivity contribution in [3.05, 3.63) is 84.1 Å². The van der Waals surface area contributed by atoms with E-state index in [0.717, 1.165) is 38.4 Å². The molecule has 3 aromatic rings. The zero-order valence-corrected chi connectivity index (χ0v) is 15.8. The van der Waals surface area contributed by atoms with Crippen LogP contribution in [0, 0.1) is 0 Å². The van der Waals surface area contributed by atoms with Gasteiger partial charge in [0.05, 0.1) is 6.54 Å². The fourth-order valence-corrected chi connectivity index (χ4v) is 3.34. The summed E-state index contributed by atoms with van der Waals surface area (Å²) < 4.78 is 5.52. The molecule has 144 valence electrons. The fourth-order valence-electron chi connectivity index (χ4n) is 3.34. The molecule has 4 rings (SSSR count). The molecule has 6 nitrogen and oxygen atoms in total. The quantitative estimate of drug-likeness (QED) is 0.716. The summed E-state index contributed by atoms with van der Waals surface area (Å²) in [5.41, 5.74) is 2.39. The van der Waals surface area contributed by atoms with E-state index in [0.29, 0.717) is 18.1 Å². The van der Waals surface area contributed by atoms with E-state index in [2.05, 4.69) is 44.4 Å². The number of carbonyl (C=O) groups is 1. The first kappa shape index (κ1) is 18.4. The van der Waals surface area contributed by atoms with Gasteiger partial charge >= 0.3 is 0 Å². The first-order chi connectivity index (χ1) is 13.8. The number of piperazine rings is 1. The molecule has 0 radical (unpaired) electrons. The second-order valence-electron chi connectivity index (χ2n) is 6.98. The van der Waals surface area contributed by atoms with Crippen molar-refractivity contribution in [3.63, 3.8) is 0 Å². The molecular formula is C22H24N4O2. The predicted octanol–water partition coefficient (Wildman–Crippen LogP) is 3.24. The normalized spacial score (nSPS) is 15.4. The van der Waals surface area contributed by atoms with Crippen LogP contribution in [-0.4, -0.2) is 46.9 Å². The van der Waals surface area contributed by atoms with E-state index in [9.17, 15) is 4.79 Å². The van der Waals surface area contributed by atoms with Gasteiger partial charge in [0.2, 0.25) is 5.89 Å². The molecule has 1 aliphatic heterocycles. The largest absolute Gasteiger partial charge is 0.447 e. The lowest BCUT2D eigenvalue weighted by Gasteiger charge is -2.34. The van der Waals surface area contributed by atoms with Crippen LogP contribution in [-0.2, 0) is 13.1 Å². The summed E-state index contributed by atoms with van der Waals surface area (Å²) in [4.78, 5) is 21.4. The molecule has 2 heterocycles. The number of amides is 1. The minimum atomic E-state index is -0.256. The molecule has 0 saturated carbocycles. The van der Waals surface area contributed by atoms with Gasteiger partial charge in [-0.3, -0.25) is 14.6 Å². The van der Waals surface area contributed by atoms with Crippen LogP contribution in [0.25, 0.3) is 0 Å². The number of carbonyl (C=O) groups excluding carboxylic acids is 1. The molecule has 1 saturated heterocycles. The lowest BCUT2D eigenvalue weighted by atomic mass is 10.2. The van der Waals surface area contributed by atoms with E-state index in [4.69, 9.17) is 4.42 Å². The van der Waals surface area contributed by atoms with Gasteiger partial charge < -0.3 is 9.73 Å². The highest BCUT2D eigenvalue weighted by molar-refractivity contribution is 6.02. The van der Waals surface area contributed by atoms with Crippen LogP contribution in [0.15, 0.2) is 71.3 Å². The van der Waals surface area contributed by atoms with Crippen LogP contribution >= 0.6 is 0 Å². The van der Waals surface area contributed by atoms with Crippen molar-refractivity contribution in [1.29, 1.82) is 0 Å². The van der Waals surface area contributed by atoms with Crippen molar-refractivity contribution in [2.75, 3.05) is 31.5 Å². The van der Waals surface area contributed by atoms with Crippen molar-refractivity contribution >= 4 is 11.6 Å². The number of nitrogens with one attached hydrogen (secondary N) is 1. The van der Waals surface area contributed by atoms with Crippen molar-refractivity contribution in [3.8, 4) is 0 Å². The zero-order chi connectivity index (χ0) is 19.2.